The lowest BCUT2D eigenvalue weighted by Gasteiger charge is -2.17. The smallest absolute Gasteiger partial charge is 0.181 e. The molecule has 0 spiro atoms. The number of nitrogens with zero attached hydrogens (tertiary/aromatic N) is 2. The van der Waals surface area contributed by atoms with Crippen LogP contribution < -0.4 is 28.0 Å². The highest BCUT2D eigenvalue weighted by Crippen LogP contribution is 2.36. The van der Waals surface area contributed by atoms with E-state index in [-0.39, 0.29) is 12.4 Å². The molecule has 0 amide bonds. The topological polar surface area (TPSA) is 179 Å². The van der Waals surface area contributed by atoms with Crippen molar-refractivity contribution >= 4 is 43.5 Å². The summed E-state index contributed by atoms with van der Waals surface area (Å²) in [4.78, 5) is 4.77. The number of hydrogen-bond acceptors (Lipinski definition) is 8. The molecule has 0 aliphatic carbocycles. The molecule has 0 aliphatic heterocycles. The molecule has 30 heavy (non-hydrogen) atoms. The highest BCUT2D eigenvalue weighted by Gasteiger charge is 2.22. The summed E-state index contributed by atoms with van der Waals surface area (Å²) >= 11 is 1.37. The zero-order valence-electron chi connectivity index (χ0n) is 16.9. The third kappa shape index (κ3) is 4.94. The average Bonchev–Trinajstić information content (AvgIpc) is 3.13. The molecule has 0 radical (unpaired) electrons. The number of hydrazone groups is 1. The van der Waals surface area contributed by atoms with Gasteiger partial charge in [0.15, 0.2) is 11.0 Å². The Kier molecular flexibility index (Phi) is 8.69. The summed E-state index contributed by atoms with van der Waals surface area (Å²) in [6.07, 6.45) is 0.979. The van der Waals surface area contributed by atoms with Crippen molar-refractivity contribution in [2.24, 2.45) is 21.8 Å². The van der Waals surface area contributed by atoms with Crippen molar-refractivity contribution in [2.45, 2.75) is 31.6 Å². The summed E-state index contributed by atoms with van der Waals surface area (Å²) in [7, 11) is -1.85. The largest absolute Gasteiger partial charge is 0.396 e. The van der Waals surface area contributed by atoms with Gasteiger partial charge in [0.25, 0.3) is 0 Å². The van der Waals surface area contributed by atoms with Crippen LogP contribution in [0.15, 0.2) is 40.3 Å². The highest BCUT2D eigenvalue weighted by molar-refractivity contribution is 7.82. The molecule has 0 saturated heterocycles. The first kappa shape index (κ1) is 23.7. The Balaban J connectivity index is 0.00000155. The molecule has 0 aliphatic rings. The third-order valence-corrected chi connectivity index (χ3v) is 5.93. The van der Waals surface area contributed by atoms with E-state index in [2.05, 4.69) is 15.6 Å². The number of aliphatic hydroxyl groups is 1. The number of anilines is 1. The lowest BCUT2D eigenvalue weighted by molar-refractivity contribution is 0.288. The van der Waals surface area contributed by atoms with Gasteiger partial charge in [0, 0.05) is 17.7 Å². The molecule has 162 valence electrons. The van der Waals surface area contributed by atoms with Gasteiger partial charge in [-0.1, -0.05) is 49.4 Å². The number of nitrogen functional groups attached to an aromatic ring is 1. The van der Waals surface area contributed by atoms with Crippen molar-refractivity contribution in [1.29, 1.82) is 0 Å². The number of rotatable bonds is 7. The van der Waals surface area contributed by atoms with Crippen LogP contribution in [0, 0.1) is 0 Å². The zero-order valence-corrected chi connectivity index (χ0v) is 18.5. The van der Waals surface area contributed by atoms with E-state index in [1.54, 1.807) is 0 Å². The van der Waals surface area contributed by atoms with E-state index in [1.165, 1.54) is 11.3 Å². The Morgan fingerprint density at radius 1 is 1.27 bits per heavy atom. The molecule has 2 aromatic carbocycles. The standard InChI is InChI=1S/C17H21N7O2S2.C2H6/c18-16(23-24-20)13-10(7-6-9(3-2-8-25)15(13)28(21)26)11-4-1-5-12-14(11)22-17(19)27-12;1-2/h1,4-7,24-25H,2-3,8,20-21H2,(H2,18,23)(H2,19,22);1-2H3. The Morgan fingerprint density at radius 3 is 2.63 bits per heavy atom. The molecule has 11 heteroatoms. The average molecular weight is 450 g/mol. The van der Waals surface area contributed by atoms with Gasteiger partial charge in [-0.2, -0.15) is 0 Å². The molecule has 1 heterocycles. The number of hydrazine groups is 1. The van der Waals surface area contributed by atoms with E-state index in [0.717, 1.165) is 10.3 Å². The number of para-hydroxylation sites is 1. The summed E-state index contributed by atoms with van der Waals surface area (Å²) in [5.41, 5.74) is 17.5. The first-order chi connectivity index (χ1) is 14.5. The molecule has 9 nitrogen and oxygen atoms in total. The first-order valence-corrected chi connectivity index (χ1v) is 11.4. The van der Waals surface area contributed by atoms with Gasteiger partial charge in [-0.25, -0.2) is 25.7 Å². The lowest BCUT2D eigenvalue weighted by Crippen LogP contribution is -2.26. The van der Waals surface area contributed by atoms with E-state index < -0.39 is 11.0 Å². The van der Waals surface area contributed by atoms with Crippen LogP contribution in [-0.4, -0.2) is 26.7 Å². The van der Waals surface area contributed by atoms with Gasteiger partial charge >= 0.3 is 0 Å². The third-order valence-electron chi connectivity index (χ3n) is 4.21. The Labute approximate surface area is 181 Å². The Bertz CT molecular complexity index is 1070. The highest BCUT2D eigenvalue weighted by atomic mass is 32.2. The molecule has 0 saturated carbocycles. The van der Waals surface area contributed by atoms with E-state index in [9.17, 15) is 9.32 Å². The number of fused-ring (bicyclic) bond motifs is 1. The number of amidine groups is 1. The minimum atomic E-state index is -1.85. The second kappa shape index (κ2) is 11.0. The van der Waals surface area contributed by atoms with Crippen molar-refractivity contribution in [1.82, 2.24) is 10.5 Å². The summed E-state index contributed by atoms with van der Waals surface area (Å²) in [6.45, 7) is 4.00. The maximum atomic E-state index is 12.4. The van der Waals surface area contributed by atoms with Gasteiger partial charge in [0.05, 0.1) is 15.1 Å². The molecule has 0 bridgehead atoms. The molecule has 1 atom stereocenters. The Morgan fingerprint density at radius 2 is 2.00 bits per heavy atom. The van der Waals surface area contributed by atoms with E-state index >= 15 is 0 Å². The zero-order chi connectivity index (χ0) is 22.3. The quantitative estimate of drug-likeness (QED) is 0.137. The predicted molar refractivity (Wildman–Crippen MR) is 125 cm³/mol. The van der Waals surface area contributed by atoms with E-state index in [4.69, 9.17) is 22.4 Å². The molecular weight excluding hydrogens is 422 g/mol. The number of aliphatic hydroxyl groups excluding tert-OH is 1. The fourth-order valence-electron chi connectivity index (χ4n) is 3.11. The number of thiazole rings is 1. The number of nitrogens with one attached hydrogen (secondary N) is 1. The van der Waals surface area contributed by atoms with Crippen molar-refractivity contribution < 1.29 is 9.32 Å². The van der Waals surface area contributed by atoms with Crippen molar-refractivity contribution in [2.75, 3.05) is 12.3 Å². The molecule has 1 unspecified atom stereocenters. The molecule has 3 rings (SSSR count). The van der Waals surface area contributed by atoms with Crippen LogP contribution in [0.25, 0.3) is 21.3 Å². The van der Waals surface area contributed by atoms with E-state index in [0.29, 0.717) is 45.1 Å². The Hall–Kier alpha value is -2.57. The maximum absolute atomic E-state index is 12.4. The summed E-state index contributed by atoms with van der Waals surface area (Å²) in [5.74, 6) is 5.35. The molecule has 3 aromatic rings. The number of benzene rings is 2. The van der Waals surface area contributed by atoms with Gasteiger partial charge in [0.1, 0.15) is 11.0 Å². The SMILES string of the molecule is CC.NN/N=C(\N)c1c(-c2cccc3sc(N)nc23)ccc(CCCO)c1S(N)=O. The normalized spacial score (nSPS) is 12.4. The summed E-state index contributed by atoms with van der Waals surface area (Å²) in [5, 5.41) is 19.3. The second-order valence-electron chi connectivity index (χ2n) is 5.93. The number of nitrogens with two attached hydrogens (primary N) is 4. The van der Waals surface area contributed by atoms with Gasteiger partial charge in [-0.15, -0.1) is 5.10 Å². The van der Waals surface area contributed by atoms with Gasteiger partial charge in [0.2, 0.25) is 0 Å². The predicted octanol–water partition coefficient (Wildman–Crippen LogP) is 1.56. The van der Waals surface area contributed by atoms with Crippen molar-refractivity contribution in [3.63, 3.8) is 0 Å². The number of aromatic nitrogens is 1. The molecule has 10 N–H and O–H groups in total. The minimum Gasteiger partial charge on any atom is -0.396 e. The van der Waals surface area contributed by atoms with Crippen LogP contribution >= 0.6 is 11.3 Å². The maximum Gasteiger partial charge on any atom is 0.181 e. The van der Waals surface area contributed by atoms with Crippen molar-refractivity contribution in [3.05, 3.63) is 41.5 Å². The molecular formula is C19H27N7O2S2. The van der Waals surface area contributed by atoms with Gasteiger partial charge in [-0.05, 0) is 30.0 Å². The monoisotopic (exact) mass is 449 g/mol. The van der Waals surface area contributed by atoms with Crippen LogP contribution in [0.2, 0.25) is 0 Å². The first-order valence-electron chi connectivity index (χ1n) is 9.35. The van der Waals surface area contributed by atoms with E-state index in [1.807, 2.05) is 44.2 Å². The fourth-order valence-corrected chi connectivity index (χ4v) is 4.71. The second-order valence-corrected chi connectivity index (χ2v) is 8.00. The van der Waals surface area contributed by atoms with Crippen LogP contribution in [0.3, 0.4) is 0 Å². The minimum absolute atomic E-state index is 0.000926. The van der Waals surface area contributed by atoms with Gasteiger partial charge in [-0.3, -0.25) is 0 Å². The summed E-state index contributed by atoms with van der Waals surface area (Å²) < 4.78 is 13.4. The number of aryl methyl sites for hydroxylation is 1. The molecule has 0 fully saturated rings. The van der Waals surface area contributed by atoms with Crippen LogP contribution in [0.4, 0.5) is 5.13 Å². The van der Waals surface area contributed by atoms with Gasteiger partial charge < -0.3 is 16.6 Å². The van der Waals surface area contributed by atoms with Crippen molar-refractivity contribution in [3.8, 4) is 11.1 Å². The lowest BCUT2D eigenvalue weighted by atomic mass is 9.94. The van der Waals surface area contributed by atoms with Crippen LogP contribution in [-0.2, 0) is 17.4 Å². The fraction of sp³-hybridized carbons (Fsp3) is 0.263. The summed E-state index contributed by atoms with van der Waals surface area (Å²) in [6, 6.07) is 9.35. The van der Waals surface area contributed by atoms with Crippen LogP contribution in [0.1, 0.15) is 31.4 Å². The van der Waals surface area contributed by atoms with Crippen LogP contribution in [0.5, 0.6) is 0 Å². The number of hydrogen-bond donors (Lipinski definition) is 6. The molecule has 1 aromatic heterocycles.